The Bertz CT molecular complexity index is 637. The van der Waals surface area contributed by atoms with E-state index in [0.717, 1.165) is 16.9 Å². The summed E-state index contributed by atoms with van der Waals surface area (Å²) in [7, 11) is 3.94. The molecule has 21 heavy (non-hydrogen) atoms. The Kier molecular flexibility index (Phi) is 4.86. The molecule has 0 bridgehead atoms. The highest BCUT2D eigenvalue weighted by Gasteiger charge is 2.16. The van der Waals surface area contributed by atoms with Crippen LogP contribution in [0.1, 0.15) is 31.0 Å². The van der Waals surface area contributed by atoms with Gasteiger partial charge < -0.3 is 4.90 Å². The quantitative estimate of drug-likeness (QED) is 0.794. The van der Waals surface area contributed by atoms with Crippen molar-refractivity contribution in [2.24, 2.45) is 0 Å². The van der Waals surface area contributed by atoms with Gasteiger partial charge in [0.05, 0.1) is 11.6 Å². The third-order valence-corrected chi connectivity index (χ3v) is 4.03. The van der Waals surface area contributed by atoms with E-state index in [2.05, 4.69) is 34.7 Å². The molecule has 6 heteroatoms. The van der Waals surface area contributed by atoms with Gasteiger partial charge in [-0.25, -0.2) is 0 Å². The van der Waals surface area contributed by atoms with Crippen molar-refractivity contribution in [1.29, 1.82) is 5.26 Å². The predicted octanol–water partition coefficient (Wildman–Crippen LogP) is 3.09. The minimum absolute atomic E-state index is 0.306. The van der Waals surface area contributed by atoms with Crippen molar-refractivity contribution in [2.45, 2.75) is 30.8 Å². The van der Waals surface area contributed by atoms with Gasteiger partial charge in [0.1, 0.15) is 0 Å². The molecule has 2 aromatic rings. The zero-order valence-corrected chi connectivity index (χ0v) is 13.6. The summed E-state index contributed by atoms with van der Waals surface area (Å²) in [4.78, 5) is 1.97. The summed E-state index contributed by atoms with van der Waals surface area (Å²) < 4.78 is 2.13. The molecule has 0 amide bonds. The molecule has 1 heterocycles. The van der Waals surface area contributed by atoms with E-state index in [1.165, 1.54) is 5.56 Å². The first kappa shape index (κ1) is 15.4. The van der Waals surface area contributed by atoms with Crippen LogP contribution in [0.5, 0.6) is 0 Å². The van der Waals surface area contributed by atoms with Gasteiger partial charge in [0.25, 0.3) is 0 Å². The van der Waals surface area contributed by atoms with Gasteiger partial charge in [0.2, 0.25) is 5.95 Å². The van der Waals surface area contributed by atoms with Crippen LogP contribution in [0.25, 0.3) is 0 Å². The molecule has 5 nitrogen and oxygen atoms in total. The summed E-state index contributed by atoms with van der Waals surface area (Å²) in [6.07, 6.45) is 0. The molecule has 0 saturated heterocycles. The van der Waals surface area contributed by atoms with Crippen LogP contribution in [-0.2, 0) is 5.75 Å². The van der Waals surface area contributed by atoms with Gasteiger partial charge in [0, 0.05) is 25.9 Å². The molecule has 1 aromatic heterocycles. The van der Waals surface area contributed by atoms with E-state index in [4.69, 9.17) is 5.26 Å². The minimum atomic E-state index is 0.306. The first-order valence-electron chi connectivity index (χ1n) is 6.77. The van der Waals surface area contributed by atoms with Crippen molar-refractivity contribution in [3.63, 3.8) is 0 Å². The standard InChI is InChI=1S/C15H19N5S/c1-11(2)20-14(19(3)4)17-18-15(20)21-10-13-7-5-12(9-16)6-8-13/h5-8,11H,10H2,1-4H3. The third-order valence-electron chi connectivity index (χ3n) is 3.01. The predicted molar refractivity (Wildman–Crippen MR) is 85.5 cm³/mol. The fraction of sp³-hybridized carbons (Fsp3) is 0.400. The molecule has 0 spiro atoms. The maximum absolute atomic E-state index is 8.81. The molecular formula is C15H19N5S. The lowest BCUT2D eigenvalue weighted by Gasteiger charge is -2.17. The fourth-order valence-corrected chi connectivity index (χ4v) is 2.97. The summed E-state index contributed by atoms with van der Waals surface area (Å²) in [5, 5.41) is 18.3. The molecule has 0 aliphatic rings. The van der Waals surface area contributed by atoms with Gasteiger partial charge in [0.15, 0.2) is 5.16 Å². The van der Waals surface area contributed by atoms with E-state index in [1.54, 1.807) is 11.8 Å². The highest BCUT2D eigenvalue weighted by Crippen LogP contribution is 2.27. The summed E-state index contributed by atoms with van der Waals surface area (Å²) in [5.41, 5.74) is 1.85. The molecule has 0 radical (unpaired) electrons. The van der Waals surface area contributed by atoms with E-state index < -0.39 is 0 Å². The Morgan fingerprint density at radius 1 is 1.24 bits per heavy atom. The fourth-order valence-electron chi connectivity index (χ4n) is 1.95. The zero-order chi connectivity index (χ0) is 15.4. The maximum Gasteiger partial charge on any atom is 0.227 e. The van der Waals surface area contributed by atoms with Crippen LogP contribution in [0.4, 0.5) is 5.95 Å². The van der Waals surface area contributed by atoms with Crippen molar-refractivity contribution < 1.29 is 0 Å². The van der Waals surface area contributed by atoms with Crippen LogP contribution in [-0.4, -0.2) is 28.9 Å². The van der Waals surface area contributed by atoms with Crippen molar-refractivity contribution in [3.8, 4) is 6.07 Å². The van der Waals surface area contributed by atoms with Gasteiger partial charge in [-0.15, -0.1) is 10.2 Å². The van der Waals surface area contributed by atoms with Crippen LogP contribution in [0.3, 0.4) is 0 Å². The molecule has 110 valence electrons. The van der Waals surface area contributed by atoms with Gasteiger partial charge >= 0.3 is 0 Å². The number of rotatable bonds is 5. The summed E-state index contributed by atoms with van der Waals surface area (Å²) >= 11 is 1.66. The lowest BCUT2D eigenvalue weighted by Crippen LogP contribution is -2.17. The zero-order valence-electron chi connectivity index (χ0n) is 12.7. The molecule has 1 aromatic carbocycles. The molecule has 0 N–H and O–H groups in total. The Balaban J connectivity index is 2.14. The number of benzene rings is 1. The lowest BCUT2D eigenvalue weighted by molar-refractivity contribution is 0.549. The second kappa shape index (κ2) is 6.64. The SMILES string of the molecule is CC(C)n1c(SCc2ccc(C#N)cc2)nnc1N(C)C. The monoisotopic (exact) mass is 301 g/mol. The summed E-state index contributed by atoms with van der Waals surface area (Å²) in [6, 6.07) is 10.1. The number of nitriles is 1. The Morgan fingerprint density at radius 2 is 1.90 bits per heavy atom. The van der Waals surface area contributed by atoms with Gasteiger partial charge in [-0.05, 0) is 31.5 Å². The van der Waals surface area contributed by atoms with Gasteiger partial charge in [-0.2, -0.15) is 5.26 Å². The van der Waals surface area contributed by atoms with E-state index >= 15 is 0 Å². The Hall–Kier alpha value is -2.00. The summed E-state index contributed by atoms with van der Waals surface area (Å²) in [6.45, 7) is 4.25. The molecule has 2 rings (SSSR count). The minimum Gasteiger partial charge on any atom is -0.347 e. The number of aromatic nitrogens is 3. The molecule has 0 saturated carbocycles. The number of hydrogen-bond acceptors (Lipinski definition) is 5. The Labute approximate surface area is 129 Å². The van der Waals surface area contributed by atoms with Crippen molar-refractivity contribution in [3.05, 3.63) is 35.4 Å². The number of hydrogen-bond donors (Lipinski definition) is 0. The first-order valence-corrected chi connectivity index (χ1v) is 7.75. The number of nitrogens with zero attached hydrogens (tertiary/aromatic N) is 5. The van der Waals surface area contributed by atoms with Crippen LogP contribution >= 0.6 is 11.8 Å². The average molecular weight is 301 g/mol. The average Bonchev–Trinajstić information content (AvgIpc) is 2.90. The van der Waals surface area contributed by atoms with E-state index in [-0.39, 0.29) is 0 Å². The van der Waals surface area contributed by atoms with Crippen LogP contribution in [0, 0.1) is 11.3 Å². The topological polar surface area (TPSA) is 57.7 Å². The van der Waals surface area contributed by atoms with Gasteiger partial charge in [-0.1, -0.05) is 23.9 Å². The van der Waals surface area contributed by atoms with Crippen molar-refractivity contribution in [1.82, 2.24) is 14.8 Å². The van der Waals surface area contributed by atoms with Crippen LogP contribution in [0.2, 0.25) is 0 Å². The highest BCUT2D eigenvalue weighted by atomic mass is 32.2. The molecule has 0 atom stereocenters. The lowest BCUT2D eigenvalue weighted by atomic mass is 10.2. The molecular weight excluding hydrogens is 282 g/mol. The van der Waals surface area contributed by atoms with E-state index in [0.29, 0.717) is 11.6 Å². The first-order chi connectivity index (χ1) is 10.0. The second-order valence-corrected chi connectivity index (χ2v) is 6.18. The normalized spacial score (nSPS) is 10.7. The van der Waals surface area contributed by atoms with Crippen LogP contribution in [0.15, 0.2) is 29.4 Å². The highest BCUT2D eigenvalue weighted by molar-refractivity contribution is 7.98. The Morgan fingerprint density at radius 3 is 2.43 bits per heavy atom. The molecule has 0 aliphatic heterocycles. The van der Waals surface area contributed by atoms with Crippen molar-refractivity contribution in [2.75, 3.05) is 19.0 Å². The van der Waals surface area contributed by atoms with E-state index in [1.807, 2.05) is 43.3 Å². The third kappa shape index (κ3) is 3.56. The van der Waals surface area contributed by atoms with Gasteiger partial charge in [-0.3, -0.25) is 4.57 Å². The summed E-state index contributed by atoms with van der Waals surface area (Å²) in [5.74, 6) is 1.68. The molecule has 0 fully saturated rings. The van der Waals surface area contributed by atoms with Crippen LogP contribution < -0.4 is 4.90 Å². The molecule has 0 aliphatic carbocycles. The smallest absolute Gasteiger partial charge is 0.227 e. The number of anilines is 1. The molecule has 0 unspecified atom stereocenters. The maximum atomic E-state index is 8.81. The number of thioether (sulfide) groups is 1. The largest absolute Gasteiger partial charge is 0.347 e. The van der Waals surface area contributed by atoms with Crippen molar-refractivity contribution >= 4 is 17.7 Å². The van der Waals surface area contributed by atoms with E-state index in [9.17, 15) is 0 Å². The second-order valence-electron chi connectivity index (χ2n) is 5.24.